The maximum Gasteiger partial charge on any atom is 0.315 e. The fraction of sp³-hybridized carbons (Fsp3) is 0.125. The van der Waals surface area contributed by atoms with E-state index in [0.717, 1.165) is 5.56 Å². The van der Waals surface area contributed by atoms with Crippen LogP contribution in [0, 0.1) is 5.82 Å². The summed E-state index contributed by atoms with van der Waals surface area (Å²) in [6, 6.07) is 10.5. The van der Waals surface area contributed by atoms with Crippen LogP contribution >= 0.6 is 11.6 Å². The van der Waals surface area contributed by atoms with Crippen molar-refractivity contribution in [3.63, 3.8) is 0 Å². The molecule has 0 heterocycles. The zero-order valence-corrected chi connectivity index (χ0v) is 12.9. The van der Waals surface area contributed by atoms with E-state index in [0.29, 0.717) is 11.1 Å². The van der Waals surface area contributed by atoms with Gasteiger partial charge in [-0.05, 0) is 35.4 Å². The molecule has 5 nitrogen and oxygen atoms in total. The largest absolute Gasteiger partial charge is 0.366 e. The number of hydrogen-bond acceptors (Lipinski definition) is 2. The van der Waals surface area contributed by atoms with Crippen molar-refractivity contribution in [3.05, 3.63) is 70.0 Å². The third-order valence-electron chi connectivity index (χ3n) is 3.10. The fourth-order valence-electron chi connectivity index (χ4n) is 1.91. The van der Waals surface area contributed by atoms with Gasteiger partial charge in [-0.2, -0.15) is 0 Å². The van der Waals surface area contributed by atoms with Gasteiger partial charge in [0, 0.05) is 18.7 Å². The van der Waals surface area contributed by atoms with Crippen LogP contribution in [-0.2, 0) is 13.1 Å². The van der Waals surface area contributed by atoms with Gasteiger partial charge in [0.25, 0.3) is 0 Å². The summed E-state index contributed by atoms with van der Waals surface area (Å²) in [6.45, 7) is 0.463. The average molecular weight is 336 g/mol. The van der Waals surface area contributed by atoms with E-state index >= 15 is 0 Å². The van der Waals surface area contributed by atoms with Crippen molar-refractivity contribution in [1.29, 1.82) is 0 Å². The van der Waals surface area contributed by atoms with Crippen LogP contribution in [0.25, 0.3) is 0 Å². The molecule has 3 amide bonds. The molecule has 0 bridgehead atoms. The Morgan fingerprint density at radius 1 is 1.04 bits per heavy atom. The van der Waals surface area contributed by atoms with E-state index in [2.05, 4.69) is 10.6 Å². The van der Waals surface area contributed by atoms with Crippen molar-refractivity contribution in [3.8, 4) is 0 Å². The van der Waals surface area contributed by atoms with Crippen molar-refractivity contribution in [2.24, 2.45) is 5.73 Å². The van der Waals surface area contributed by atoms with E-state index in [1.165, 1.54) is 18.2 Å². The first-order chi connectivity index (χ1) is 11.0. The molecule has 4 N–H and O–H groups in total. The molecule has 120 valence electrons. The number of urea groups is 1. The molecule has 7 heteroatoms. The minimum atomic E-state index is -0.524. The molecule has 2 aromatic carbocycles. The lowest BCUT2D eigenvalue weighted by molar-refractivity contribution is 0.1000. The Kier molecular flexibility index (Phi) is 5.54. The second kappa shape index (κ2) is 7.60. The SMILES string of the molecule is NC(=O)c1cccc(CNC(=O)NCc2ccc(F)c(Cl)c2)c1. The molecule has 2 rings (SSSR count). The van der Waals surface area contributed by atoms with Crippen LogP contribution in [0.5, 0.6) is 0 Å². The minimum absolute atomic E-state index is 0.00738. The molecule has 0 saturated carbocycles. The normalized spacial score (nSPS) is 10.2. The van der Waals surface area contributed by atoms with Crippen LogP contribution < -0.4 is 16.4 Å². The summed E-state index contributed by atoms with van der Waals surface area (Å²) in [5.74, 6) is -1.03. The molecule has 0 atom stereocenters. The van der Waals surface area contributed by atoms with Crippen LogP contribution in [0.4, 0.5) is 9.18 Å². The van der Waals surface area contributed by atoms with Gasteiger partial charge in [-0.1, -0.05) is 29.8 Å². The van der Waals surface area contributed by atoms with Crippen LogP contribution in [0.15, 0.2) is 42.5 Å². The van der Waals surface area contributed by atoms with Gasteiger partial charge < -0.3 is 16.4 Å². The van der Waals surface area contributed by atoms with Crippen molar-refractivity contribution >= 4 is 23.5 Å². The van der Waals surface area contributed by atoms with Crippen molar-refractivity contribution in [2.75, 3.05) is 0 Å². The van der Waals surface area contributed by atoms with E-state index in [-0.39, 0.29) is 18.1 Å². The summed E-state index contributed by atoms with van der Waals surface area (Å²) in [4.78, 5) is 22.8. The topological polar surface area (TPSA) is 84.2 Å². The van der Waals surface area contributed by atoms with Gasteiger partial charge in [0.2, 0.25) is 5.91 Å². The molecule has 0 aliphatic carbocycles. The Morgan fingerprint density at radius 3 is 2.30 bits per heavy atom. The maximum absolute atomic E-state index is 13.0. The first-order valence-electron chi connectivity index (χ1n) is 6.80. The van der Waals surface area contributed by atoms with E-state index in [1.807, 2.05) is 0 Å². The molecule has 0 spiro atoms. The lowest BCUT2D eigenvalue weighted by Gasteiger charge is -2.09. The molecule has 2 aromatic rings. The first-order valence-corrected chi connectivity index (χ1v) is 7.18. The van der Waals surface area contributed by atoms with Crippen LogP contribution in [0.3, 0.4) is 0 Å². The minimum Gasteiger partial charge on any atom is -0.366 e. The molecule has 0 aliphatic heterocycles. The van der Waals surface area contributed by atoms with Gasteiger partial charge in [-0.3, -0.25) is 4.79 Å². The Hall–Kier alpha value is -2.60. The first kappa shape index (κ1) is 16.8. The smallest absolute Gasteiger partial charge is 0.315 e. The zero-order valence-electron chi connectivity index (χ0n) is 12.1. The summed E-state index contributed by atoms with van der Waals surface area (Å²) >= 11 is 5.67. The molecule has 0 aromatic heterocycles. The van der Waals surface area contributed by atoms with Crippen molar-refractivity contribution < 1.29 is 14.0 Å². The van der Waals surface area contributed by atoms with Crippen molar-refractivity contribution in [2.45, 2.75) is 13.1 Å². The highest BCUT2D eigenvalue weighted by atomic mass is 35.5. The number of primary amides is 1. The molecule has 0 radical (unpaired) electrons. The van der Waals surface area contributed by atoms with Crippen LogP contribution in [-0.4, -0.2) is 11.9 Å². The lowest BCUT2D eigenvalue weighted by Crippen LogP contribution is -2.34. The number of carbonyl (C=O) groups excluding carboxylic acids is 2. The number of hydrogen-bond donors (Lipinski definition) is 3. The number of rotatable bonds is 5. The number of halogens is 2. The predicted molar refractivity (Wildman–Crippen MR) is 85.4 cm³/mol. The molecular weight excluding hydrogens is 321 g/mol. The van der Waals surface area contributed by atoms with Crippen LogP contribution in [0.1, 0.15) is 21.5 Å². The van der Waals surface area contributed by atoms with Gasteiger partial charge in [-0.15, -0.1) is 0 Å². The zero-order chi connectivity index (χ0) is 16.8. The van der Waals surface area contributed by atoms with Gasteiger partial charge in [0.1, 0.15) is 5.82 Å². The van der Waals surface area contributed by atoms with Crippen LogP contribution in [0.2, 0.25) is 5.02 Å². The van der Waals surface area contributed by atoms with Crippen molar-refractivity contribution in [1.82, 2.24) is 10.6 Å². The Morgan fingerprint density at radius 2 is 1.70 bits per heavy atom. The number of nitrogens with two attached hydrogens (primary N) is 1. The summed E-state index contributed by atoms with van der Waals surface area (Å²) in [6.07, 6.45) is 0. The van der Waals surface area contributed by atoms with E-state index in [1.54, 1.807) is 24.3 Å². The second-order valence-electron chi connectivity index (χ2n) is 4.85. The summed E-state index contributed by atoms with van der Waals surface area (Å²) in [5.41, 5.74) is 7.01. The standard InChI is InChI=1S/C16H15ClFN3O2/c17-13-7-11(4-5-14(13)18)9-21-16(23)20-8-10-2-1-3-12(6-10)15(19)22/h1-7H,8-9H2,(H2,19,22)(H2,20,21,23). The number of carbonyl (C=O) groups is 2. The highest BCUT2D eigenvalue weighted by molar-refractivity contribution is 6.30. The van der Waals surface area contributed by atoms with E-state index in [4.69, 9.17) is 17.3 Å². The molecule has 23 heavy (non-hydrogen) atoms. The average Bonchev–Trinajstić information content (AvgIpc) is 2.54. The lowest BCUT2D eigenvalue weighted by atomic mass is 10.1. The molecule has 0 aliphatic rings. The molecular formula is C16H15ClFN3O2. The molecule has 0 unspecified atom stereocenters. The van der Waals surface area contributed by atoms with Gasteiger partial charge in [0.15, 0.2) is 0 Å². The fourth-order valence-corrected chi connectivity index (χ4v) is 2.11. The highest BCUT2D eigenvalue weighted by Gasteiger charge is 2.05. The number of nitrogens with one attached hydrogen (secondary N) is 2. The number of benzene rings is 2. The highest BCUT2D eigenvalue weighted by Crippen LogP contribution is 2.15. The quantitative estimate of drug-likeness (QED) is 0.784. The van der Waals surface area contributed by atoms with Gasteiger partial charge >= 0.3 is 6.03 Å². The Bertz CT molecular complexity index is 737. The summed E-state index contributed by atoms with van der Waals surface area (Å²) in [5, 5.41) is 5.29. The Balaban J connectivity index is 1.84. The molecule has 0 saturated heterocycles. The van der Waals surface area contributed by atoms with E-state index < -0.39 is 17.8 Å². The summed E-state index contributed by atoms with van der Waals surface area (Å²) < 4.78 is 13.0. The third-order valence-corrected chi connectivity index (χ3v) is 3.39. The monoisotopic (exact) mass is 335 g/mol. The van der Waals surface area contributed by atoms with E-state index in [9.17, 15) is 14.0 Å². The summed E-state index contributed by atoms with van der Waals surface area (Å²) in [7, 11) is 0. The van der Waals surface area contributed by atoms with Gasteiger partial charge in [-0.25, -0.2) is 9.18 Å². The molecule has 0 fully saturated rings. The second-order valence-corrected chi connectivity index (χ2v) is 5.26. The predicted octanol–water partition coefficient (Wildman–Crippen LogP) is 2.58. The third kappa shape index (κ3) is 4.96. The van der Waals surface area contributed by atoms with Gasteiger partial charge in [0.05, 0.1) is 5.02 Å². The Labute approximate surface area is 137 Å². The number of amides is 3. The maximum atomic E-state index is 13.0.